The van der Waals surface area contributed by atoms with Gasteiger partial charge in [0.15, 0.2) is 0 Å². The summed E-state index contributed by atoms with van der Waals surface area (Å²) in [6.07, 6.45) is 3.65. The molecule has 0 aromatic carbocycles. The van der Waals surface area contributed by atoms with Crippen molar-refractivity contribution < 1.29 is 40.4 Å². The Balaban J connectivity index is 0. The second-order valence-corrected chi connectivity index (χ2v) is 1.21. The van der Waals surface area contributed by atoms with E-state index < -0.39 is 0 Å². The molecule has 0 atom stereocenters. The Morgan fingerprint density at radius 2 is 2.00 bits per heavy atom. The monoisotopic (exact) mass is 223 g/mol. The molecule has 6 heavy (non-hydrogen) atoms. The van der Waals surface area contributed by atoms with E-state index in [0.717, 1.165) is 6.42 Å². The first kappa shape index (κ1) is 10.3. The zero-order valence-corrected chi connectivity index (χ0v) is 6.86. The number of unbranched alkanes of at least 4 members (excludes halogenated alkanes) is 2. The van der Waals surface area contributed by atoms with Crippen LogP contribution in [-0.2, 0) is 0 Å². The fourth-order valence-corrected chi connectivity index (χ4v) is 0.250. The van der Waals surface area contributed by atoms with Crippen LogP contribution in [0.4, 0.5) is 0 Å². The summed E-state index contributed by atoms with van der Waals surface area (Å²) in [7, 11) is 0. The minimum absolute atomic E-state index is 0. The van der Waals surface area contributed by atoms with Gasteiger partial charge in [0.1, 0.15) is 0 Å². The summed E-state index contributed by atoms with van der Waals surface area (Å²) in [5.41, 5.74) is 0. The van der Waals surface area contributed by atoms with Crippen molar-refractivity contribution in [2.75, 3.05) is 0 Å². The zero-order valence-electron chi connectivity index (χ0n) is 4.24. The Bertz CT molecular complexity index is 11.4. The van der Waals surface area contributed by atoms with Crippen molar-refractivity contribution in [3.63, 3.8) is 0 Å². The van der Waals surface area contributed by atoms with E-state index in [4.69, 9.17) is 0 Å². The van der Waals surface area contributed by atoms with Gasteiger partial charge in [-0.15, -0.1) is 0 Å². The van der Waals surface area contributed by atoms with Gasteiger partial charge in [0, 0.05) is 40.4 Å². The normalized spacial score (nSPS) is 7.00. The predicted molar refractivity (Wildman–Crippen MR) is 24.9 cm³/mol. The van der Waals surface area contributed by atoms with Crippen molar-refractivity contribution >= 4 is 0 Å². The largest absolute Gasteiger partial charge is 0.343 e. The van der Waals surface area contributed by atoms with Crippen molar-refractivity contribution in [3.8, 4) is 0 Å². The summed E-state index contributed by atoms with van der Waals surface area (Å²) < 4.78 is 0. The summed E-state index contributed by atoms with van der Waals surface area (Å²) >= 11 is 0. The maximum atomic E-state index is 3.68. The van der Waals surface area contributed by atoms with Gasteiger partial charge in [-0.1, -0.05) is 19.8 Å². The Morgan fingerprint density at radius 1 is 1.50 bits per heavy atom. The molecule has 0 fully saturated rings. The molecule has 0 nitrogen and oxygen atoms in total. The molecule has 0 saturated heterocycles. The van der Waals surface area contributed by atoms with Gasteiger partial charge in [0.05, 0.1) is 0 Å². The van der Waals surface area contributed by atoms with Gasteiger partial charge in [-0.2, -0.15) is 6.42 Å². The third-order valence-electron chi connectivity index (χ3n) is 0.604. The summed E-state index contributed by atoms with van der Waals surface area (Å²) in [6.45, 7) is 5.85. The van der Waals surface area contributed by atoms with E-state index in [1.165, 1.54) is 12.8 Å². The topological polar surface area (TPSA) is 0 Å². The molecule has 0 N–H and O–H groups in total. The van der Waals surface area contributed by atoms with Crippen LogP contribution in [0.2, 0.25) is 0 Å². The Hall–Kier alpha value is 1.34. The first-order valence-electron chi connectivity index (χ1n) is 2.21. The molecule has 38 valence electrons. The first-order chi connectivity index (χ1) is 2.41. The van der Waals surface area contributed by atoms with E-state index in [9.17, 15) is 0 Å². The number of hydrogen-bond donors (Lipinski definition) is 0. The first-order valence-corrected chi connectivity index (χ1v) is 2.21. The maximum absolute atomic E-state index is 3.68. The molecule has 0 aliphatic heterocycles. The van der Waals surface area contributed by atoms with Crippen LogP contribution >= 0.6 is 0 Å². The Kier molecular flexibility index (Phi) is 16.5. The van der Waals surface area contributed by atoms with E-state index >= 15 is 0 Å². The van der Waals surface area contributed by atoms with Crippen LogP contribution in [0.1, 0.15) is 26.2 Å². The SMILES string of the molecule is [CH2-]CCCC.[Sm]. The molecule has 0 spiro atoms. The number of rotatable bonds is 2. The molecular weight excluding hydrogens is 210 g/mol. The molecule has 0 bridgehead atoms. The molecule has 0 saturated carbocycles. The van der Waals surface area contributed by atoms with Crippen LogP contribution in [-0.4, -0.2) is 0 Å². The average Bonchev–Trinajstić information content (AvgIpc) is 1.41. The van der Waals surface area contributed by atoms with Crippen LogP contribution in [0.5, 0.6) is 0 Å². The van der Waals surface area contributed by atoms with Crippen LogP contribution in [0.15, 0.2) is 0 Å². The summed E-state index contributed by atoms with van der Waals surface area (Å²) in [5.74, 6) is 0. The summed E-state index contributed by atoms with van der Waals surface area (Å²) in [6, 6.07) is 0. The molecule has 0 aliphatic carbocycles. The van der Waals surface area contributed by atoms with Gasteiger partial charge in [0.2, 0.25) is 0 Å². The van der Waals surface area contributed by atoms with Gasteiger partial charge in [-0.25, -0.2) is 0 Å². The molecule has 0 aliphatic rings. The van der Waals surface area contributed by atoms with Crippen molar-refractivity contribution in [3.05, 3.63) is 6.92 Å². The molecule has 0 unspecified atom stereocenters. The molecule has 0 radical (unpaired) electrons. The average molecular weight is 222 g/mol. The second-order valence-electron chi connectivity index (χ2n) is 1.21. The van der Waals surface area contributed by atoms with Crippen molar-refractivity contribution in [2.45, 2.75) is 26.2 Å². The van der Waals surface area contributed by atoms with Gasteiger partial charge in [0.25, 0.3) is 0 Å². The standard InChI is InChI=1S/C5H11.Sm/c1-3-5-4-2;/h1,3-5H2,2H3;/q-1;. The summed E-state index contributed by atoms with van der Waals surface area (Å²) in [5, 5.41) is 0. The van der Waals surface area contributed by atoms with E-state index in [1.807, 2.05) is 0 Å². The van der Waals surface area contributed by atoms with Crippen LogP contribution in [0, 0.1) is 47.3 Å². The quantitative estimate of drug-likeness (QED) is 0.626. The van der Waals surface area contributed by atoms with Gasteiger partial charge in [-0.3, -0.25) is 0 Å². The third-order valence-corrected chi connectivity index (χ3v) is 0.604. The van der Waals surface area contributed by atoms with E-state index in [0.29, 0.717) is 0 Å². The third kappa shape index (κ3) is 9.02. The van der Waals surface area contributed by atoms with Crippen molar-refractivity contribution in [2.24, 2.45) is 0 Å². The molecular formula is C5H11Sm-. The maximum Gasteiger partial charge on any atom is 0 e. The van der Waals surface area contributed by atoms with E-state index in [-0.39, 0.29) is 40.4 Å². The molecule has 0 amide bonds. The van der Waals surface area contributed by atoms with Crippen LogP contribution < -0.4 is 0 Å². The Labute approximate surface area is 72.8 Å². The van der Waals surface area contributed by atoms with Gasteiger partial charge < -0.3 is 6.92 Å². The molecule has 0 heterocycles. The molecule has 0 aromatic heterocycles. The smallest absolute Gasteiger partial charge is 0 e. The second kappa shape index (κ2) is 9.60. The van der Waals surface area contributed by atoms with Crippen molar-refractivity contribution in [1.29, 1.82) is 0 Å². The van der Waals surface area contributed by atoms with Crippen LogP contribution in [0.25, 0.3) is 0 Å². The van der Waals surface area contributed by atoms with E-state index in [2.05, 4.69) is 13.8 Å². The fourth-order valence-electron chi connectivity index (χ4n) is 0.250. The van der Waals surface area contributed by atoms with E-state index in [1.54, 1.807) is 0 Å². The zero-order chi connectivity index (χ0) is 4.12. The fraction of sp³-hybridized carbons (Fsp3) is 0.800. The van der Waals surface area contributed by atoms with Crippen molar-refractivity contribution in [1.82, 2.24) is 0 Å². The molecule has 0 aromatic rings. The van der Waals surface area contributed by atoms with Gasteiger partial charge in [-0.05, 0) is 0 Å². The Morgan fingerprint density at radius 3 is 2.00 bits per heavy atom. The van der Waals surface area contributed by atoms with Gasteiger partial charge >= 0.3 is 0 Å². The predicted octanol–water partition coefficient (Wildman–Crippen LogP) is 2.01. The number of hydrogen-bond acceptors (Lipinski definition) is 0. The minimum Gasteiger partial charge on any atom is -0.343 e. The summed E-state index contributed by atoms with van der Waals surface area (Å²) in [4.78, 5) is 0. The minimum atomic E-state index is 0. The van der Waals surface area contributed by atoms with Crippen LogP contribution in [0.3, 0.4) is 0 Å². The molecule has 0 rings (SSSR count). The molecule has 1 heteroatoms.